The van der Waals surface area contributed by atoms with Crippen LogP contribution in [0.5, 0.6) is 0 Å². The minimum Gasteiger partial charge on any atom is -0.336 e. The Morgan fingerprint density at radius 1 is 1.08 bits per heavy atom. The SMILES string of the molecule is Cn1ccnc1C(NCc1ccc(SC(F)(F)F)cc1)c1ccccc1. The number of hydrogen-bond donors (Lipinski definition) is 1. The van der Waals surface area contributed by atoms with E-state index in [1.54, 1.807) is 18.3 Å². The average molecular weight is 377 g/mol. The normalized spacial score (nSPS) is 12.9. The molecule has 1 aromatic heterocycles. The Balaban J connectivity index is 1.73. The summed E-state index contributed by atoms with van der Waals surface area (Å²) in [6.45, 7) is 0.517. The Labute approximate surface area is 154 Å². The van der Waals surface area contributed by atoms with Crippen molar-refractivity contribution in [3.8, 4) is 0 Å². The first-order chi connectivity index (χ1) is 12.4. The number of thioether (sulfide) groups is 1. The van der Waals surface area contributed by atoms with Gasteiger partial charge in [-0.05, 0) is 35.0 Å². The van der Waals surface area contributed by atoms with Gasteiger partial charge in [0.2, 0.25) is 0 Å². The number of benzene rings is 2. The van der Waals surface area contributed by atoms with Crippen molar-refractivity contribution < 1.29 is 13.2 Å². The lowest BCUT2D eigenvalue weighted by Crippen LogP contribution is -2.24. The highest BCUT2D eigenvalue weighted by Crippen LogP contribution is 2.36. The molecule has 1 heterocycles. The number of halogens is 3. The van der Waals surface area contributed by atoms with Crippen LogP contribution in [0.3, 0.4) is 0 Å². The molecule has 0 saturated carbocycles. The molecule has 0 fully saturated rings. The minimum atomic E-state index is -4.27. The molecule has 0 bridgehead atoms. The maximum absolute atomic E-state index is 12.4. The van der Waals surface area contributed by atoms with E-state index in [0.717, 1.165) is 17.0 Å². The lowest BCUT2D eigenvalue weighted by atomic mass is 10.1. The van der Waals surface area contributed by atoms with Crippen molar-refractivity contribution in [1.29, 1.82) is 0 Å². The number of nitrogens with one attached hydrogen (secondary N) is 1. The first-order valence-electron chi connectivity index (χ1n) is 8.02. The number of hydrogen-bond acceptors (Lipinski definition) is 3. The summed E-state index contributed by atoms with van der Waals surface area (Å²) in [5.41, 5.74) is -2.28. The molecule has 1 unspecified atom stereocenters. The molecular weight excluding hydrogens is 359 g/mol. The van der Waals surface area contributed by atoms with E-state index in [9.17, 15) is 13.2 Å². The van der Waals surface area contributed by atoms with E-state index < -0.39 is 5.51 Å². The largest absolute Gasteiger partial charge is 0.446 e. The Hall–Kier alpha value is -2.25. The van der Waals surface area contributed by atoms with Crippen LogP contribution in [0, 0.1) is 0 Å². The Kier molecular flexibility index (Phi) is 5.68. The van der Waals surface area contributed by atoms with Crippen LogP contribution in [0.4, 0.5) is 13.2 Å². The van der Waals surface area contributed by atoms with Crippen LogP contribution < -0.4 is 5.32 Å². The summed E-state index contributed by atoms with van der Waals surface area (Å²) in [7, 11) is 1.93. The summed E-state index contributed by atoms with van der Waals surface area (Å²) in [6.07, 6.45) is 3.63. The molecule has 0 saturated heterocycles. The second-order valence-electron chi connectivity index (χ2n) is 5.81. The highest BCUT2D eigenvalue weighted by Gasteiger charge is 2.29. The summed E-state index contributed by atoms with van der Waals surface area (Å²) >= 11 is -0.103. The lowest BCUT2D eigenvalue weighted by molar-refractivity contribution is -0.0328. The fraction of sp³-hybridized carbons (Fsp3) is 0.211. The van der Waals surface area contributed by atoms with Crippen molar-refractivity contribution in [2.75, 3.05) is 0 Å². The van der Waals surface area contributed by atoms with Crippen LogP contribution in [0.1, 0.15) is 23.0 Å². The monoisotopic (exact) mass is 377 g/mol. The van der Waals surface area contributed by atoms with Crippen molar-refractivity contribution in [3.05, 3.63) is 83.9 Å². The van der Waals surface area contributed by atoms with Crippen LogP contribution in [-0.4, -0.2) is 15.1 Å². The fourth-order valence-electron chi connectivity index (χ4n) is 2.69. The minimum absolute atomic E-state index is 0.103. The van der Waals surface area contributed by atoms with Crippen LogP contribution in [0.15, 0.2) is 71.9 Å². The van der Waals surface area contributed by atoms with Gasteiger partial charge in [-0.25, -0.2) is 4.98 Å². The van der Waals surface area contributed by atoms with Gasteiger partial charge in [-0.1, -0.05) is 42.5 Å². The van der Waals surface area contributed by atoms with Gasteiger partial charge in [0.05, 0.1) is 6.04 Å². The van der Waals surface area contributed by atoms with Crippen molar-refractivity contribution in [1.82, 2.24) is 14.9 Å². The van der Waals surface area contributed by atoms with Crippen LogP contribution in [0.25, 0.3) is 0 Å². The summed E-state index contributed by atoms with van der Waals surface area (Å²) in [6, 6.07) is 16.2. The molecule has 2 aromatic carbocycles. The Morgan fingerprint density at radius 3 is 2.35 bits per heavy atom. The zero-order chi connectivity index (χ0) is 18.6. The smallest absolute Gasteiger partial charge is 0.336 e. The van der Waals surface area contributed by atoms with Gasteiger partial charge in [0, 0.05) is 30.9 Å². The van der Waals surface area contributed by atoms with E-state index in [4.69, 9.17) is 0 Å². The van der Waals surface area contributed by atoms with Gasteiger partial charge in [0.1, 0.15) is 5.82 Å². The summed E-state index contributed by atoms with van der Waals surface area (Å²) in [5.74, 6) is 0.875. The fourth-order valence-corrected chi connectivity index (χ4v) is 3.23. The van der Waals surface area contributed by atoms with Gasteiger partial charge in [-0.2, -0.15) is 13.2 Å². The zero-order valence-corrected chi connectivity index (χ0v) is 14.9. The number of aromatic nitrogens is 2. The lowest BCUT2D eigenvalue weighted by Gasteiger charge is -2.19. The number of aryl methyl sites for hydroxylation is 1. The Bertz CT molecular complexity index is 829. The number of imidazole rings is 1. The second-order valence-corrected chi connectivity index (χ2v) is 6.95. The van der Waals surface area contributed by atoms with E-state index in [-0.39, 0.29) is 22.7 Å². The number of alkyl halides is 3. The molecule has 7 heteroatoms. The van der Waals surface area contributed by atoms with Crippen LogP contribution in [0.2, 0.25) is 0 Å². The van der Waals surface area contributed by atoms with Crippen molar-refractivity contribution in [2.45, 2.75) is 23.0 Å². The molecular formula is C19H18F3N3S. The van der Waals surface area contributed by atoms with Gasteiger partial charge in [-0.15, -0.1) is 0 Å². The van der Waals surface area contributed by atoms with Crippen LogP contribution in [-0.2, 0) is 13.6 Å². The van der Waals surface area contributed by atoms with Gasteiger partial charge < -0.3 is 4.57 Å². The zero-order valence-electron chi connectivity index (χ0n) is 14.1. The quantitative estimate of drug-likeness (QED) is 0.619. The van der Waals surface area contributed by atoms with Gasteiger partial charge in [-0.3, -0.25) is 5.32 Å². The molecule has 3 nitrogen and oxygen atoms in total. The molecule has 3 rings (SSSR count). The van der Waals surface area contributed by atoms with E-state index in [2.05, 4.69) is 10.3 Å². The molecule has 0 aliphatic carbocycles. The van der Waals surface area contributed by atoms with E-state index in [1.807, 2.05) is 48.1 Å². The molecule has 26 heavy (non-hydrogen) atoms. The molecule has 0 radical (unpaired) electrons. The van der Waals surface area contributed by atoms with E-state index >= 15 is 0 Å². The predicted molar refractivity (Wildman–Crippen MR) is 96.7 cm³/mol. The predicted octanol–water partition coefficient (Wildman–Crippen LogP) is 4.91. The first-order valence-corrected chi connectivity index (χ1v) is 8.84. The van der Waals surface area contributed by atoms with Crippen molar-refractivity contribution >= 4 is 11.8 Å². The van der Waals surface area contributed by atoms with Crippen molar-refractivity contribution in [2.24, 2.45) is 7.05 Å². The molecule has 1 N–H and O–H groups in total. The van der Waals surface area contributed by atoms with E-state index in [1.165, 1.54) is 12.1 Å². The third-order valence-electron chi connectivity index (χ3n) is 3.92. The maximum atomic E-state index is 12.4. The third-order valence-corrected chi connectivity index (χ3v) is 4.66. The highest BCUT2D eigenvalue weighted by atomic mass is 32.2. The van der Waals surface area contributed by atoms with E-state index in [0.29, 0.717) is 6.54 Å². The standard InChI is InChI=1S/C19H18F3N3S/c1-25-12-11-23-18(25)17(15-5-3-2-4-6-15)24-13-14-7-9-16(10-8-14)26-19(20,21)22/h2-12,17,24H,13H2,1H3. The Morgan fingerprint density at radius 2 is 1.77 bits per heavy atom. The first kappa shape index (κ1) is 18.5. The van der Waals surface area contributed by atoms with Crippen LogP contribution >= 0.6 is 11.8 Å². The average Bonchev–Trinajstić information content (AvgIpc) is 3.02. The summed E-state index contributed by atoms with van der Waals surface area (Å²) in [5, 5.41) is 3.45. The van der Waals surface area contributed by atoms with Crippen molar-refractivity contribution in [3.63, 3.8) is 0 Å². The number of nitrogens with zero attached hydrogens (tertiary/aromatic N) is 2. The van der Waals surface area contributed by atoms with Gasteiger partial charge in [0.25, 0.3) is 0 Å². The highest BCUT2D eigenvalue weighted by molar-refractivity contribution is 8.00. The maximum Gasteiger partial charge on any atom is 0.446 e. The summed E-state index contributed by atoms with van der Waals surface area (Å²) < 4.78 is 39.2. The summed E-state index contributed by atoms with van der Waals surface area (Å²) in [4.78, 5) is 4.62. The topological polar surface area (TPSA) is 29.9 Å². The molecule has 0 spiro atoms. The van der Waals surface area contributed by atoms with Gasteiger partial charge in [0.15, 0.2) is 0 Å². The molecule has 0 aliphatic heterocycles. The third kappa shape index (κ3) is 4.89. The molecule has 3 aromatic rings. The molecule has 0 aliphatic rings. The van der Waals surface area contributed by atoms with Gasteiger partial charge >= 0.3 is 5.51 Å². The second kappa shape index (κ2) is 7.97. The molecule has 0 amide bonds. The molecule has 1 atom stereocenters. The molecule has 136 valence electrons. The number of rotatable bonds is 6.